The highest BCUT2D eigenvalue weighted by molar-refractivity contribution is 7.74. The minimum Gasteiger partial charge on any atom is -0.451 e. The van der Waals surface area contributed by atoms with Gasteiger partial charge in [-0.1, -0.05) is 66.7 Å². The van der Waals surface area contributed by atoms with Gasteiger partial charge in [0.2, 0.25) is 5.75 Å². The number of hydrogen-bond acceptors (Lipinski definition) is 14. The predicted octanol–water partition coefficient (Wildman–Crippen LogP) is 8.80. The molecule has 0 radical (unpaired) electrons. The summed E-state index contributed by atoms with van der Waals surface area (Å²) in [5.41, 5.74) is 33.7. The smallest absolute Gasteiger partial charge is 0.332 e. The zero-order valence-corrected chi connectivity index (χ0v) is 30.7. The first-order chi connectivity index (χ1) is 25.8. The fourth-order valence-corrected chi connectivity index (χ4v) is 10.3. The first-order valence-corrected chi connectivity index (χ1v) is 19.3. The summed E-state index contributed by atoms with van der Waals surface area (Å²) in [6, 6.07) is 40.8. The zero-order valence-electron chi connectivity index (χ0n) is 27.9. The average Bonchev–Trinajstić information content (AvgIpc) is 3.16. The van der Waals surface area contributed by atoms with Gasteiger partial charge in [0.15, 0.2) is 34.5 Å². The van der Waals surface area contributed by atoms with Crippen LogP contribution in [0.3, 0.4) is 0 Å². The molecule has 270 valence electrons. The molecule has 11 N–H and O–H groups in total. The number of hydrogen-bond donors (Lipinski definition) is 6. The standard InChI is InChI=1S/C36H35N8O6P3/c37-24-12-1-6-17-29(24)45-34-22-11-23-35(36(34)46-30-18-7-2-13-25(30)38)49-52-42-51-43(47-31-19-8-3-14-26(31)39)53(50-33-21-10-5-16-28(33)41)44(52)48-32-20-9-4-15-27(32)40/h1-23,42,51H,37-41H2. The molecular weight excluding hydrogens is 733 g/mol. The quantitative estimate of drug-likeness (QED) is 0.0509. The summed E-state index contributed by atoms with van der Waals surface area (Å²) in [6.45, 7) is 0. The van der Waals surface area contributed by atoms with Crippen LogP contribution in [0.5, 0.6) is 46.0 Å². The molecule has 14 nitrogen and oxygen atoms in total. The molecule has 3 atom stereocenters. The van der Waals surface area contributed by atoms with E-state index in [9.17, 15) is 0 Å². The number of nitrogens with two attached hydrogens (primary N) is 5. The molecule has 1 aliphatic rings. The molecule has 3 unspecified atom stereocenters. The Labute approximate surface area is 309 Å². The summed E-state index contributed by atoms with van der Waals surface area (Å²) >= 11 is 0. The van der Waals surface area contributed by atoms with Gasteiger partial charge in [0.05, 0.1) is 37.3 Å². The van der Waals surface area contributed by atoms with Gasteiger partial charge in [-0.05, 0) is 77.4 Å². The maximum Gasteiger partial charge on any atom is 0.332 e. The molecule has 0 amide bonds. The van der Waals surface area contributed by atoms with Crippen LogP contribution in [0.4, 0.5) is 28.4 Å². The molecular formula is C36H35N8O6P3. The lowest BCUT2D eigenvalue weighted by Gasteiger charge is -2.42. The molecule has 1 aliphatic heterocycles. The summed E-state index contributed by atoms with van der Waals surface area (Å²) < 4.78 is 29.3. The molecule has 0 aliphatic carbocycles. The van der Waals surface area contributed by atoms with Gasteiger partial charge in [-0.25, -0.2) is 4.86 Å². The van der Waals surface area contributed by atoms with Crippen LogP contribution in [-0.4, -0.2) is 9.21 Å². The SMILES string of the molecule is Nc1ccccc1Oc1cccc(OP2NPN(Oc3ccccc3N)P(Oc3ccccc3N)N2Oc2ccccc2N)c1Oc1ccccc1N. The molecule has 1 saturated heterocycles. The van der Waals surface area contributed by atoms with E-state index in [0.29, 0.717) is 62.9 Å². The minimum absolute atomic E-state index is 0.228. The van der Waals surface area contributed by atoms with E-state index in [0.717, 1.165) is 0 Å². The molecule has 6 aromatic carbocycles. The molecule has 53 heavy (non-hydrogen) atoms. The molecule has 6 aromatic rings. The Morgan fingerprint density at radius 2 is 0.868 bits per heavy atom. The van der Waals surface area contributed by atoms with Crippen LogP contribution < -0.4 is 61.7 Å². The summed E-state index contributed by atoms with van der Waals surface area (Å²) in [4.78, 5) is 16.4. The summed E-state index contributed by atoms with van der Waals surface area (Å²) in [6.07, 6.45) is 0. The van der Waals surface area contributed by atoms with Crippen molar-refractivity contribution in [3.8, 4) is 46.0 Å². The second kappa shape index (κ2) is 16.3. The van der Waals surface area contributed by atoms with Crippen molar-refractivity contribution in [1.82, 2.24) is 14.1 Å². The first kappa shape index (κ1) is 35.7. The van der Waals surface area contributed by atoms with Crippen LogP contribution in [0, 0.1) is 0 Å². The lowest BCUT2D eigenvalue weighted by molar-refractivity contribution is 0.0686. The predicted molar refractivity (Wildman–Crippen MR) is 212 cm³/mol. The Morgan fingerprint density at radius 3 is 1.42 bits per heavy atom. The van der Waals surface area contributed by atoms with Crippen molar-refractivity contribution in [2.75, 3.05) is 28.7 Å². The topological polar surface area (TPSA) is 204 Å². The number of nitrogen functional groups attached to an aromatic ring is 5. The Hall–Kier alpha value is -5.71. The fourth-order valence-electron chi connectivity index (χ4n) is 4.75. The van der Waals surface area contributed by atoms with E-state index in [1.54, 1.807) is 95.6 Å². The summed E-state index contributed by atoms with van der Waals surface area (Å²) in [7, 11) is -4.21. The highest BCUT2D eigenvalue weighted by Gasteiger charge is 2.47. The van der Waals surface area contributed by atoms with Crippen molar-refractivity contribution in [1.29, 1.82) is 0 Å². The Kier molecular flexibility index (Phi) is 11.0. The Bertz CT molecular complexity index is 2200. The van der Waals surface area contributed by atoms with Crippen LogP contribution in [-0.2, 0) is 0 Å². The van der Waals surface area contributed by atoms with Crippen LogP contribution in [0.1, 0.15) is 0 Å². The van der Waals surface area contributed by atoms with Crippen molar-refractivity contribution in [2.45, 2.75) is 0 Å². The van der Waals surface area contributed by atoms with E-state index < -0.39 is 16.9 Å². The zero-order chi connectivity index (χ0) is 36.7. The maximum absolute atomic E-state index is 6.79. The highest BCUT2D eigenvalue weighted by Crippen LogP contribution is 2.67. The highest BCUT2D eigenvalue weighted by atomic mass is 31.3. The molecule has 17 heteroatoms. The maximum atomic E-state index is 6.79. The number of benzene rings is 6. The number of nitrogens with zero attached hydrogens (tertiary/aromatic N) is 2. The van der Waals surface area contributed by atoms with Gasteiger partial charge < -0.3 is 56.9 Å². The van der Waals surface area contributed by atoms with Crippen molar-refractivity contribution in [3.63, 3.8) is 0 Å². The lowest BCUT2D eigenvalue weighted by Crippen LogP contribution is -2.37. The number of anilines is 5. The van der Waals surface area contributed by atoms with E-state index in [1.807, 2.05) is 48.5 Å². The molecule has 0 bridgehead atoms. The number of ether oxygens (including phenoxy) is 2. The van der Waals surface area contributed by atoms with Crippen LogP contribution in [0.15, 0.2) is 140 Å². The minimum atomic E-state index is -2.04. The summed E-state index contributed by atoms with van der Waals surface area (Å²) in [5, 5.41) is 0. The van der Waals surface area contributed by atoms with Crippen molar-refractivity contribution < 1.29 is 28.2 Å². The van der Waals surface area contributed by atoms with E-state index in [1.165, 1.54) is 4.60 Å². The van der Waals surface area contributed by atoms with Gasteiger partial charge in [0.1, 0.15) is 5.75 Å². The Morgan fingerprint density at radius 1 is 0.434 bits per heavy atom. The Balaban J connectivity index is 1.31. The second-order valence-electron chi connectivity index (χ2n) is 11.1. The fraction of sp³-hybridized carbons (Fsp3) is 0. The van der Waals surface area contributed by atoms with E-state index in [-0.39, 0.29) is 20.4 Å². The van der Waals surface area contributed by atoms with Crippen LogP contribution >= 0.6 is 25.8 Å². The van der Waals surface area contributed by atoms with Gasteiger partial charge in [0.25, 0.3) is 8.45 Å². The van der Waals surface area contributed by atoms with Gasteiger partial charge in [0, 0.05) is 4.60 Å². The lowest BCUT2D eigenvalue weighted by atomic mass is 10.2. The third-order valence-corrected chi connectivity index (χ3v) is 12.5. The normalized spacial score (nSPS) is 16.5. The first-order valence-electron chi connectivity index (χ1n) is 16.0. The van der Waals surface area contributed by atoms with Crippen molar-refractivity contribution in [3.05, 3.63) is 140 Å². The summed E-state index contributed by atoms with van der Waals surface area (Å²) in [5.74, 6) is 2.79. The largest absolute Gasteiger partial charge is 0.451 e. The number of rotatable bonds is 12. The van der Waals surface area contributed by atoms with E-state index in [4.69, 9.17) is 56.9 Å². The van der Waals surface area contributed by atoms with Gasteiger partial charge in [-0.3, -0.25) is 0 Å². The second-order valence-corrected chi connectivity index (χ2v) is 15.8. The molecule has 0 aromatic heterocycles. The molecule has 7 rings (SSSR count). The van der Waals surface area contributed by atoms with Gasteiger partial charge >= 0.3 is 8.45 Å². The third kappa shape index (κ3) is 8.35. The van der Waals surface area contributed by atoms with E-state index in [2.05, 4.69) is 4.86 Å². The van der Waals surface area contributed by atoms with E-state index >= 15 is 0 Å². The average molecular weight is 769 g/mol. The monoisotopic (exact) mass is 768 g/mol. The molecule has 0 spiro atoms. The molecule has 1 fully saturated rings. The van der Waals surface area contributed by atoms with Crippen molar-refractivity contribution >= 4 is 54.2 Å². The number of para-hydroxylation sites is 11. The molecule has 0 saturated carbocycles. The third-order valence-electron chi connectivity index (χ3n) is 7.40. The van der Waals surface area contributed by atoms with Crippen LogP contribution in [0.2, 0.25) is 0 Å². The van der Waals surface area contributed by atoms with Crippen LogP contribution in [0.25, 0.3) is 0 Å². The van der Waals surface area contributed by atoms with Crippen molar-refractivity contribution in [2.24, 2.45) is 0 Å². The number of nitrogens with one attached hydrogen (secondary N) is 1. The molecule has 1 heterocycles. The van der Waals surface area contributed by atoms with Gasteiger partial charge in [-0.15, -0.1) is 0 Å². The van der Waals surface area contributed by atoms with Gasteiger partial charge in [-0.2, -0.15) is 0 Å².